The molecule has 0 aliphatic carbocycles. The molecule has 162 valence electrons. The number of nitrogens with one attached hydrogen (secondary N) is 3. The van der Waals surface area contributed by atoms with Gasteiger partial charge in [0.15, 0.2) is 17.3 Å². The molecule has 0 saturated carbocycles. The number of H-pyrrole nitrogens is 1. The lowest BCUT2D eigenvalue weighted by atomic mass is 10.2. The number of benzene rings is 1. The Morgan fingerprint density at radius 1 is 1.32 bits per heavy atom. The van der Waals surface area contributed by atoms with E-state index in [9.17, 15) is 22.4 Å². The summed E-state index contributed by atoms with van der Waals surface area (Å²) in [5.74, 6) is 2.90. The molecular formula is C18H14ClF4N7O. The van der Waals surface area contributed by atoms with E-state index in [1.54, 1.807) is 24.4 Å². The molecule has 0 aliphatic heterocycles. The van der Waals surface area contributed by atoms with Crippen LogP contribution in [0, 0.1) is 5.82 Å². The van der Waals surface area contributed by atoms with Gasteiger partial charge in [-0.05, 0) is 18.2 Å². The number of aromatic nitrogens is 2. The van der Waals surface area contributed by atoms with Crippen molar-refractivity contribution in [2.24, 2.45) is 15.9 Å². The van der Waals surface area contributed by atoms with Crippen LogP contribution >= 0.6 is 11.6 Å². The van der Waals surface area contributed by atoms with Gasteiger partial charge in [0.25, 0.3) is 5.91 Å². The minimum atomic E-state index is -4.53. The number of hydrogen-bond acceptors (Lipinski definition) is 6. The lowest BCUT2D eigenvalue weighted by molar-refractivity contribution is -0.115. The average molecular weight is 456 g/mol. The van der Waals surface area contributed by atoms with Crippen LogP contribution in [0.2, 0.25) is 5.02 Å². The molecule has 8 nitrogen and oxygen atoms in total. The van der Waals surface area contributed by atoms with Crippen molar-refractivity contribution >= 4 is 57.5 Å². The van der Waals surface area contributed by atoms with E-state index < -0.39 is 30.3 Å². The normalized spacial score (nSPS) is 12.5. The minimum absolute atomic E-state index is 0.0668. The number of anilines is 2. The highest BCUT2D eigenvalue weighted by Crippen LogP contribution is 2.26. The number of hydrazone groups is 1. The molecule has 2 aromatic heterocycles. The fraction of sp³-hybridized carbons (Fsp3) is 0.111. The third-order valence-electron chi connectivity index (χ3n) is 3.88. The third kappa shape index (κ3) is 5.69. The van der Waals surface area contributed by atoms with E-state index in [-0.39, 0.29) is 11.4 Å². The van der Waals surface area contributed by atoms with Crippen molar-refractivity contribution in [2.75, 3.05) is 17.2 Å². The highest BCUT2D eigenvalue weighted by atomic mass is 35.5. The zero-order chi connectivity index (χ0) is 22.6. The average Bonchev–Trinajstić information content (AvgIpc) is 3.09. The zero-order valence-electron chi connectivity index (χ0n) is 15.5. The molecular weight excluding hydrogens is 442 g/mol. The van der Waals surface area contributed by atoms with Gasteiger partial charge in [-0.25, -0.2) is 9.37 Å². The van der Waals surface area contributed by atoms with Crippen LogP contribution in [0.25, 0.3) is 10.9 Å². The van der Waals surface area contributed by atoms with Crippen molar-refractivity contribution in [1.29, 1.82) is 0 Å². The van der Waals surface area contributed by atoms with Crippen LogP contribution in [0.4, 0.5) is 34.8 Å². The number of nitrogens with zero attached hydrogens (tertiary/aromatic N) is 3. The SMILES string of the molecule is N/N=C(\C=Nc1cnc(NCC(F)(F)F)c(F)c1)C(=O)Nc1c[nH]c2ccc(Cl)cc12. The first-order valence-corrected chi connectivity index (χ1v) is 8.90. The van der Waals surface area contributed by atoms with Crippen LogP contribution in [-0.4, -0.2) is 40.5 Å². The predicted molar refractivity (Wildman–Crippen MR) is 110 cm³/mol. The molecule has 0 radical (unpaired) electrons. The number of alkyl halides is 3. The predicted octanol–water partition coefficient (Wildman–Crippen LogP) is 3.99. The molecule has 0 atom stereocenters. The molecule has 5 N–H and O–H groups in total. The van der Waals surface area contributed by atoms with Gasteiger partial charge in [-0.15, -0.1) is 0 Å². The molecule has 0 spiro atoms. The van der Waals surface area contributed by atoms with Crippen molar-refractivity contribution in [2.45, 2.75) is 6.18 Å². The maximum atomic E-state index is 13.9. The van der Waals surface area contributed by atoms with Crippen LogP contribution in [0.3, 0.4) is 0 Å². The summed E-state index contributed by atoms with van der Waals surface area (Å²) >= 11 is 5.97. The number of carbonyl (C=O) groups excluding carboxylic acids is 1. The highest BCUT2D eigenvalue weighted by molar-refractivity contribution is 6.63. The Morgan fingerprint density at radius 3 is 2.77 bits per heavy atom. The van der Waals surface area contributed by atoms with Gasteiger partial charge in [0.2, 0.25) is 0 Å². The van der Waals surface area contributed by atoms with Gasteiger partial charge < -0.3 is 21.5 Å². The Labute approximate surface area is 177 Å². The van der Waals surface area contributed by atoms with Crippen molar-refractivity contribution in [1.82, 2.24) is 9.97 Å². The number of aromatic amines is 1. The van der Waals surface area contributed by atoms with Crippen LogP contribution in [0.15, 0.2) is 46.8 Å². The van der Waals surface area contributed by atoms with E-state index in [4.69, 9.17) is 17.4 Å². The number of amides is 1. The molecule has 1 aromatic carbocycles. The molecule has 0 aliphatic rings. The Hall–Kier alpha value is -3.67. The topological polar surface area (TPSA) is 121 Å². The summed E-state index contributed by atoms with van der Waals surface area (Å²) in [5, 5.41) is 8.90. The smallest absolute Gasteiger partial charge is 0.359 e. The van der Waals surface area contributed by atoms with Gasteiger partial charge in [0.1, 0.15) is 6.54 Å². The molecule has 31 heavy (non-hydrogen) atoms. The molecule has 0 saturated heterocycles. The standard InChI is InChI=1S/C18H14ClF4N7O/c19-9-1-2-13-11(3-9)14(6-26-13)29-17(31)15(30-24)7-25-10-4-12(20)16(27-5-10)28-8-18(21,22)23/h1-7,26H,8,24H2,(H,27,28)(H,29,31)/b25-7?,30-15+. The van der Waals surface area contributed by atoms with E-state index in [0.717, 1.165) is 24.0 Å². The first-order valence-electron chi connectivity index (χ1n) is 8.52. The summed E-state index contributed by atoms with van der Waals surface area (Å²) in [6.45, 7) is -1.44. The van der Waals surface area contributed by atoms with Gasteiger partial charge in [-0.2, -0.15) is 18.3 Å². The summed E-state index contributed by atoms with van der Waals surface area (Å²) in [5.41, 5.74) is 0.796. The van der Waals surface area contributed by atoms with Crippen LogP contribution in [0.5, 0.6) is 0 Å². The molecule has 13 heteroatoms. The maximum absolute atomic E-state index is 13.9. The van der Waals surface area contributed by atoms with Crippen molar-refractivity contribution in [3.63, 3.8) is 0 Å². The van der Waals surface area contributed by atoms with E-state index in [2.05, 4.69) is 25.4 Å². The zero-order valence-corrected chi connectivity index (χ0v) is 16.2. The van der Waals surface area contributed by atoms with E-state index in [1.807, 2.05) is 5.32 Å². The first kappa shape index (κ1) is 22.0. The van der Waals surface area contributed by atoms with E-state index in [0.29, 0.717) is 16.1 Å². The molecule has 3 aromatic rings. The summed E-state index contributed by atoms with van der Waals surface area (Å²) < 4.78 is 50.5. The second-order valence-corrected chi connectivity index (χ2v) is 6.55. The summed E-state index contributed by atoms with van der Waals surface area (Å²) in [7, 11) is 0. The fourth-order valence-corrected chi connectivity index (χ4v) is 2.65. The Balaban J connectivity index is 1.70. The van der Waals surface area contributed by atoms with Gasteiger partial charge in [0, 0.05) is 28.2 Å². The maximum Gasteiger partial charge on any atom is 0.405 e. The number of carbonyl (C=O) groups is 1. The Morgan fingerprint density at radius 2 is 2.10 bits per heavy atom. The number of rotatable bonds is 6. The van der Waals surface area contributed by atoms with Crippen LogP contribution in [0.1, 0.15) is 0 Å². The molecule has 2 heterocycles. The Kier molecular flexibility index (Phi) is 6.39. The molecule has 3 rings (SSSR count). The quantitative estimate of drug-likeness (QED) is 0.194. The van der Waals surface area contributed by atoms with Gasteiger partial charge >= 0.3 is 6.18 Å². The number of nitrogens with two attached hydrogens (primary N) is 1. The van der Waals surface area contributed by atoms with Gasteiger partial charge in [-0.3, -0.25) is 9.79 Å². The van der Waals surface area contributed by atoms with Gasteiger partial charge in [0.05, 0.1) is 23.8 Å². The number of pyridine rings is 1. The van der Waals surface area contributed by atoms with Crippen LogP contribution in [-0.2, 0) is 4.79 Å². The van der Waals surface area contributed by atoms with E-state index in [1.165, 1.54) is 0 Å². The second-order valence-electron chi connectivity index (χ2n) is 6.11. The van der Waals surface area contributed by atoms with Crippen molar-refractivity contribution < 1.29 is 22.4 Å². The van der Waals surface area contributed by atoms with Gasteiger partial charge in [-0.1, -0.05) is 11.6 Å². The fourth-order valence-electron chi connectivity index (χ4n) is 2.48. The largest absolute Gasteiger partial charge is 0.405 e. The lowest BCUT2D eigenvalue weighted by Gasteiger charge is -2.09. The summed E-state index contributed by atoms with van der Waals surface area (Å²) in [4.78, 5) is 22.8. The second kappa shape index (κ2) is 9.00. The summed E-state index contributed by atoms with van der Waals surface area (Å²) in [6.07, 6.45) is -0.987. The van der Waals surface area contributed by atoms with Crippen molar-refractivity contribution in [3.05, 3.63) is 47.5 Å². The first-order chi connectivity index (χ1) is 14.7. The van der Waals surface area contributed by atoms with E-state index >= 15 is 0 Å². The molecule has 1 amide bonds. The number of fused-ring (bicyclic) bond motifs is 1. The molecule has 0 bridgehead atoms. The van der Waals surface area contributed by atoms with Crippen molar-refractivity contribution in [3.8, 4) is 0 Å². The number of hydrogen-bond donors (Lipinski definition) is 4. The highest BCUT2D eigenvalue weighted by Gasteiger charge is 2.27. The monoisotopic (exact) mass is 455 g/mol. The molecule has 0 unspecified atom stereocenters. The molecule has 0 fully saturated rings. The number of halogens is 5. The lowest BCUT2D eigenvalue weighted by Crippen LogP contribution is -2.25. The summed E-state index contributed by atoms with van der Waals surface area (Å²) in [6, 6.07) is 5.92. The number of aliphatic imine (C=N–C) groups is 1. The minimum Gasteiger partial charge on any atom is -0.359 e. The third-order valence-corrected chi connectivity index (χ3v) is 4.12. The Bertz CT molecular complexity index is 1170. The van der Waals surface area contributed by atoms with Crippen LogP contribution < -0.4 is 16.5 Å².